The number of nitrogens with one attached hydrogen (secondary N) is 1. The molecule has 1 aliphatic rings. The number of H-pyrrole nitrogens is 1. The predicted octanol–water partition coefficient (Wildman–Crippen LogP) is 4.10. The van der Waals surface area contributed by atoms with Crippen molar-refractivity contribution in [2.75, 3.05) is 0 Å². The van der Waals surface area contributed by atoms with Gasteiger partial charge in [-0.3, -0.25) is 9.59 Å². The zero-order valence-electron chi connectivity index (χ0n) is 12.1. The first-order chi connectivity index (χ1) is 11.2. The van der Waals surface area contributed by atoms with E-state index in [1.165, 1.54) is 0 Å². The summed E-state index contributed by atoms with van der Waals surface area (Å²) < 4.78 is 0. The van der Waals surface area contributed by atoms with Gasteiger partial charge in [-0.2, -0.15) is 0 Å². The topological polar surface area (TPSA) is 49.9 Å². The summed E-state index contributed by atoms with van der Waals surface area (Å²) >= 11 is 0. The van der Waals surface area contributed by atoms with Crippen LogP contribution in [0.15, 0.2) is 60.7 Å². The lowest BCUT2D eigenvalue weighted by Gasteiger charge is -2.17. The van der Waals surface area contributed by atoms with Gasteiger partial charge in [0.15, 0.2) is 11.6 Å². The first kappa shape index (κ1) is 12.4. The van der Waals surface area contributed by atoms with E-state index in [9.17, 15) is 9.59 Å². The highest BCUT2D eigenvalue weighted by Crippen LogP contribution is 2.33. The lowest BCUT2D eigenvalue weighted by molar-refractivity contribution is 0.0979. The molecule has 23 heavy (non-hydrogen) atoms. The van der Waals surface area contributed by atoms with Gasteiger partial charge in [0, 0.05) is 44.1 Å². The number of carbonyl (C=O) groups excluding carboxylic acids is 2. The standard InChI is InChI=1S/C20H11NO2/c22-19-12-6-1-2-7-13(12)20(23)16-10-18-14(9-15(16)19)11-5-3-4-8-17(11)21-18/h1-10,21H. The number of para-hydroxylation sites is 1. The molecule has 0 unspecified atom stereocenters. The van der Waals surface area contributed by atoms with Crippen LogP contribution in [0.5, 0.6) is 0 Å². The summed E-state index contributed by atoms with van der Waals surface area (Å²) in [6, 6.07) is 18.6. The number of aromatic nitrogens is 1. The largest absolute Gasteiger partial charge is 0.354 e. The maximum Gasteiger partial charge on any atom is 0.194 e. The second-order valence-electron chi connectivity index (χ2n) is 5.82. The van der Waals surface area contributed by atoms with Gasteiger partial charge in [0.05, 0.1) is 0 Å². The third kappa shape index (κ3) is 1.53. The van der Waals surface area contributed by atoms with Crippen LogP contribution >= 0.6 is 0 Å². The molecule has 0 radical (unpaired) electrons. The van der Waals surface area contributed by atoms with Crippen molar-refractivity contribution >= 4 is 33.4 Å². The van der Waals surface area contributed by atoms with Gasteiger partial charge < -0.3 is 4.98 Å². The second-order valence-corrected chi connectivity index (χ2v) is 5.82. The molecule has 0 saturated carbocycles. The molecule has 0 saturated heterocycles. The Morgan fingerprint density at radius 1 is 0.565 bits per heavy atom. The average molecular weight is 297 g/mol. The monoisotopic (exact) mass is 297 g/mol. The fourth-order valence-corrected chi connectivity index (χ4v) is 3.44. The van der Waals surface area contributed by atoms with Crippen molar-refractivity contribution in [1.29, 1.82) is 0 Å². The van der Waals surface area contributed by atoms with Gasteiger partial charge in [0.1, 0.15) is 0 Å². The minimum atomic E-state index is -0.0873. The Labute approximate surface area is 131 Å². The van der Waals surface area contributed by atoms with E-state index >= 15 is 0 Å². The van der Waals surface area contributed by atoms with Crippen molar-refractivity contribution in [2.45, 2.75) is 0 Å². The summed E-state index contributed by atoms with van der Waals surface area (Å²) in [5.41, 5.74) is 3.83. The Bertz CT molecular complexity index is 1150. The molecule has 5 rings (SSSR count). The molecule has 1 aliphatic carbocycles. The predicted molar refractivity (Wildman–Crippen MR) is 89.1 cm³/mol. The van der Waals surface area contributed by atoms with Gasteiger partial charge in [-0.15, -0.1) is 0 Å². The Kier molecular flexibility index (Phi) is 2.24. The summed E-state index contributed by atoms with van der Waals surface area (Å²) in [5.74, 6) is -0.168. The van der Waals surface area contributed by atoms with E-state index in [1.54, 1.807) is 30.3 Å². The molecule has 3 heteroatoms. The molecule has 3 nitrogen and oxygen atoms in total. The Morgan fingerprint density at radius 2 is 1.17 bits per heavy atom. The van der Waals surface area contributed by atoms with Crippen LogP contribution in [0.2, 0.25) is 0 Å². The molecule has 1 N–H and O–H groups in total. The number of rotatable bonds is 0. The molecule has 0 aliphatic heterocycles. The Balaban J connectivity index is 1.89. The van der Waals surface area contributed by atoms with Crippen LogP contribution in [0.25, 0.3) is 21.8 Å². The fourth-order valence-electron chi connectivity index (χ4n) is 3.44. The maximum absolute atomic E-state index is 12.8. The summed E-state index contributed by atoms with van der Waals surface area (Å²) in [7, 11) is 0. The van der Waals surface area contributed by atoms with Crippen molar-refractivity contribution in [3.8, 4) is 0 Å². The molecule has 0 amide bonds. The second kappa shape index (κ2) is 4.17. The van der Waals surface area contributed by atoms with Crippen LogP contribution in [-0.4, -0.2) is 16.6 Å². The summed E-state index contributed by atoms with van der Waals surface area (Å²) in [6.45, 7) is 0. The quantitative estimate of drug-likeness (QED) is 0.468. The van der Waals surface area contributed by atoms with E-state index in [4.69, 9.17) is 0 Å². The number of fused-ring (bicyclic) bond motifs is 5. The van der Waals surface area contributed by atoms with Gasteiger partial charge >= 0.3 is 0 Å². The van der Waals surface area contributed by atoms with Crippen LogP contribution in [0.3, 0.4) is 0 Å². The number of benzene rings is 3. The number of carbonyl (C=O) groups is 2. The molecule has 0 spiro atoms. The van der Waals surface area contributed by atoms with Crippen molar-refractivity contribution in [3.05, 3.63) is 82.9 Å². The average Bonchev–Trinajstić information content (AvgIpc) is 2.96. The van der Waals surface area contributed by atoms with E-state index in [-0.39, 0.29) is 11.6 Å². The smallest absolute Gasteiger partial charge is 0.194 e. The Hall–Kier alpha value is -3.20. The number of hydrogen-bond acceptors (Lipinski definition) is 2. The van der Waals surface area contributed by atoms with Gasteiger partial charge in [-0.25, -0.2) is 0 Å². The van der Waals surface area contributed by atoms with Crippen molar-refractivity contribution in [3.63, 3.8) is 0 Å². The van der Waals surface area contributed by atoms with Gasteiger partial charge in [0.2, 0.25) is 0 Å². The molecule has 0 bridgehead atoms. The molecule has 108 valence electrons. The van der Waals surface area contributed by atoms with Crippen molar-refractivity contribution < 1.29 is 9.59 Å². The van der Waals surface area contributed by atoms with Crippen LogP contribution in [0.4, 0.5) is 0 Å². The number of aromatic amines is 1. The summed E-state index contributed by atoms with van der Waals surface area (Å²) in [6.07, 6.45) is 0. The normalized spacial score (nSPS) is 13.4. The lowest BCUT2D eigenvalue weighted by Crippen LogP contribution is -2.20. The highest BCUT2D eigenvalue weighted by molar-refractivity contribution is 6.30. The zero-order chi connectivity index (χ0) is 15.6. The van der Waals surface area contributed by atoms with E-state index in [1.807, 2.05) is 30.3 Å². The molecular formula is C20H11NO2. The molecular weight excluding hydrogens is 286 g/mol. The summed E-state index contributed by atoms with van der Waals surface area (Å²) in [5, 5.41) is 2.03. The minimum absolute atomic E-state index is 0.0811. The van der Waals surface area contributed by atoms with Crippen LogP contribution in [0.1, 0.15) is 31.8 Å². The highest BCUT2D eigenvalue weighted by atomic mass is 16.1. The molecule has 1 aromatic heterocycles. The minimum Gasteiger partial charge on any atom is -0.354 e. The molecule has 0 atom stereocenters. The first-order valence-electron chi connectivity index (χ1n) is 7.47. The van der Waals surface area contributed by atoms with Gasteiger partial charge in [0.25, 0.3) is 0 Å². The van der Waals surface area contributed by atoms with E-state index in [0.29, 0.717) is 22.3 Å². The SMILES string of the molecule is O=C1c2ccccc2C(=O)c2cc3c(cc21)[nH]c1ccccc13. The van der Waals surface area contributed by atoms with E-state index < -0.39 is 0 Å². The van der Waals surface area contributed by atoms with Gasteiger partial charge in [-0.1, -0.05) is 42.5 Å². The molecule has 0 fully saturated rings. The van der Waals surface area contributed by atoms with Crippen LogP contribution in [0, 0.1) is 0 Å². The van der Waals surface area contributed by atoms with Crippen molar-refractivity contribution in [2.24, 2.45) is 0 Å². The number of hydrogen-bond donors (Lipinski definition) is 1. The van der Waals surface area contributed by atoms with Crippen LogP contribution in [-0.2, 0) is 0 Å². The highest BCUT2D eigenvalue weighted by Gasteiger charge is 2.30. The Morgan fingerprint density at radius 3 is 1.91 bits per heavy atom. The third-order valence-corrected chi connectivity index (χ3v) is 4.55. The maximum atomic E-state index is 12.8. The van der Waals surface area contributed by atoms with Gasteiger partial charge in [-0.05, 0) is 18.2 Å². The van der Waals surface area contributed by atoms with Crippen LogP contribution < -0.4 is 0 Å². The lowest BCUT2D eigenvalue weighted by atomic mass is 9.83. The molecule has 4 aromatic rings. The van der Waals surface area contributed by atoms with E-state index in [2.05, 4.69) is 4.98 Å². The van der Waals surface area contributed by atoms with E-state index in [0.717, 1.165) is 21.8 Å². The third-order valence-electron chi connectivity index (χ3n) is 4.55. The van der Waals surface area contributed by atoms with Crippen molar-refractivity contribution in [1.82, 2.24) is 4.98 Å². The first-order valence-corrected chi connectivity index (χ1v) is 7.47. The zero-order valence-corrected chi connectivity index (χ0v) is 12.1. The summed E-state index contributed by atoms with van der Waals surface area (Å²) in [4.78, 5) is 28.9. The molecule has 1 heterocycles. The fraction of sp³-hybridized carbons (Fsp3) is 0. The molecule has 3 aromatic carbocycles. The number of ketones is 2.